The van der Waals surface area contributed by atoms with Crippen LogP contribution in [0.2, 0.25) is 10.0 Å². The molecule has 3 nitrogen and oxygen atoms in total. The van der Waals surface area contributed by atoms with E-state index in [1.165, 1.54) is 0 Å². The fourth-order valence-electron chi connectivity index (χ4n) is 1.51. The summed E-state index contributed by atoms with van der Waals surface area (Å²) in [7, 11) is 0. The molecule has 0 atom stereocenters. The predicted molar refractivity (Wildman–Crippen MR) is 72.0 cm³/mol. The molecule has 0 aliphatic carbocycles. The zero-order valence-electron chi connectivity index (χ0n) is 8.81. The first-order valence-corrected chi connectivity index (χ1v) is 6.43. The molecule has 2 aromatic rings. The Morgan fingerprint density at radius 2 is 2.18 bits per heavy atom. The topological polar surface area (TPSA) is 42.1 Å². The van der Waals surface area contributed by atoms with Crippen molar-refractivity contribution in [2.75, 3.05) is 6.61 Å². The first-order valence-electron chi connectivity index (χ1n) is 4.88. The van der Waals surface area contributed by atoms with Crippen molar-refractivity contribution in [2.24, 2.45) is 0 Å². The van der Waals surface area contributed by atoms with Gasteiger partial charge in [-0.25, -0.2) is 4.79 Å². The van der Waals surface area contributed by atoms with Crippen molar-refractivity contribution in [2.45, 2.75) is 6.92 Å². The van der Waals surface area contributed by atoms with E-state index in [0.717, 1.165) is 5.39 Å². The molecule has 1 aromatic carbocycles. The van der Waals surface area contributed by atoms with Crippen molar-refractivity contribution in [3.05, 3.63) is 32.3 Å². The number of aromatic amines is 1. The second-order valence-electron chi connectivity index (χ2n) is 3.32. The van der Waals surface area contributed by atoms with E-state index in [1.807, 2.05) is 0 Å². The summed E-state index contributed by atoms with van der Waals surface area (Å²) in [5.74, 6) is -0.428. The van der Waals surface area contributed by atoms with Gasteiger partial charge in [-0.05, 0) is 28.9 Å². The molecule has 90 valence electrons. The van der Waals surface area contributed by atoms with E-state index in [-0.39, 0.29) is 0 Å². The van der Waals surface area contributed by atoms with Gasteiger partial charge in [0.2, 0.25) is 0 Å². The number of nitrogens with one attached hydrogen (secondary N) is 1. The lowest BCUT2D eigenvalue weighted by molar-refractivity contribution is 0.0519. The minimum absolute atomic E-state index is 0.315. The molecule has 0 aliphatic heterocycles. The summed E-state index contributed by atoms with van der Waals surface area (Å²) in [6, 6.07) is 3.46. The van der Waals surface area contributed by atoms with Crippen molar-refractivity contribution >= 4 is 56.0 Å². The van der Waals surface area contributed by atoms with Crippen LogP contribution in [-0.4, -0.2) is 17.6 Å². The Labute approximate surface area is 116 Å². The SMILES string of the molecule is CCOC(=O)c1[nH]c2c(Cl)c(Cl)ccc2c1Br. The predicted octanol–water partition coefficient (Wildman–Crippen LogP) is 4.41. The first-order chi connectivity index (χ1) is 8.06. The molecule has 1 heterocycles. The van der Waals surface area contributed by atoms with Gasteiger partial charge in [0.15, 0.2) is 0 Å². The molecule has 0 saturated carbocycles. The standard InChI is InChI=1S/C11H8BrCl2NO2/c1-2-17-11(16)10-7(12)5-3-4-6(13)8(14)9(5)15-10/h3-4,15H,2H2,1H3. The molecule has 0 unspecified atom stereocenters. The van der Waals surface area contributed by atoms with E-state index >= 15 is 0 Å². The zero-order chi connectivity index (χ0) is 12.6. The van der Waals surface area contributed by atoms with Crippen LogP contribution in [0.15, 0.2) is 16.6 Å². The van der Waals surface area contributed by atoms with E-state index in [1.54, 1.807) is 19.1 Å². The molecule has 2 rings (SSSR count). The van der Waals surface area contributed by atoms with Crippen LogP contribution < -0.4 is 0 Å². The summed E-state index contributed by atoms with van der Waals surface area (Å²) >= 11 is 15.3. The number of carbonyl (C=O) groups is 1. The van der Waals surface area contributed by atoms with Crippen LogP contribution in [0.4, 0.5) is 0 Å². The van der Waals surface area contributed by atoms with Gasteiger partial charge in [-0.15, -0.1) is 0 Å². The van der Waals surface area contributed by atoms with Crippen LogP contribution in [0.25, 0.3) is 10.9 Å². The highest BCUT2D eigenvalue weighted by Gasteiger charge is 2.19. The van der Waals surface area contributed by atoms with Crippen molar-refractivity contribution in [3.63, 3.8) is 0 Å². The number of rotatable bonds is 2. The number of fused-ring (bicyclic) bond motifs is 1. The number of hydrogen-bond donors (Lipinski definition) is 1. The second kappa shape index (κ2) is 4.88. The van der Waals surface area contributed by atoms with Crippen molar-refractivity contribution in [1.29, 1.82) is 0 Å². The number of aromatic nitrogens is 1. The fraction of sp³-hybridized carbons (Fsp3) is 0.182. The van der Waals surface area contributed by atoms with E-state index in [2.05, 4.69) is 20.9 Å². The first kappa shape index (κ1) is 12.7. The normalized spacial score (nSPS) is 10.8. The number of H-pyrrole nitrogens is 1. The number of carbonyl (C=O) groups excluding carboxylic acids is 1. The quantitative estimate of drug-likeness (QED) is 0.825. The minimum Gasteiger partial charge on any atom is -0.461 e. The molecular formula is C11H8BrCl2NO2. The molecule has 0 aliphatic rings. The second-order valence-corrected chi connectivity index (χ2v) is 4.90. The van der Waals surface area contributed by atoms with Crippen molar-refractivity contribution in [3.8, 4) is 0 Å². The number of esters is 1. The lowest BCUT2D eigenvalue weighted by Crippen LogP contribution is -2.05. The van der Waals surface area contributed by atoms with Crippen LogP contribution in [-0.2, 0) is 4.74 Å². The molecule has 1 aromatic heterocycles. The summed E-state index contributed by atoms with van der Waals surface area (Å²) in [6.07, 6.45) is 0. The number of hydrogen-bond acceptors (Lipinski definition) is 2. The van der Waals surface area contributed by atoms with Gasteiger partial charge in [-0.1, -0.05) is 29.3 Å². The largest absolute Gasteiger partial charge is 0.461 e. The number of benzene rings is 1. The van der Waals surface area contributed by atoms with E-state index in [4.69, 9.17) is 27.9 Å². The van der Waals surface area contributed by atoms with Gasteiger partial charge in [0.1, 0.15) is 5.69 Å². The Bertz CT molecular complexity index is 595. The molecule has 1 N–H and O–H groups in total. The molecule has 6 heteroatoms. The Balaban J connectivity index is 2.64. The van der Waals surface area contributed by atoms with Gasteiger partial charge < -0.3 is 9.72 Å². The Hall–Kier alpha value is -0.710. The average Bonchev–Trinajstić information content (AvgIpc) is 2.63. The van der Waals surface area contributed by atoms with Gasteiger partial charge in [-0.3, -0.25) is 0 Å². The van der Waals surface area contributed by atoms with Crippen molar-refractivity contribution in [1.82, 2.24) is 4.98 Å². The third kappa shape index (κ3) is 2.17. The summed E-state index contributed by atoms with van der Waals surface area (Å²) < 4.78 is 5.56. The monoisotopic (exact) mass is 335 g/mol. The smallest absolute Gasteiger partial charge is 0.355 e. The molecule has 0 spiro atoms. The summed E-state index contributed by atoms with van der Waals surface area (Å²) in [6.45, 7) is 2.06. The van der Waals surface area contributed by atoms with E-state index in [9.17, 15) is 4.79 Å². The third-order valence-electron chi connectivity index (χ3n) is 2.28. The summed E-state index contributed by atoms with van der Waals surface area (Å²) in [5.41, 5.74) is 0.958. The number of ether oxygens (including phenoxy) is 1. The summed E-state index contributed by atoms with van der Waals surface area (Å²) in [4.78, 5) is 14.6. The summed E-state index contributed by atoms with van der Waals surface area (Å²) in [5, 5.41) is 1.62. The third-order valence-corrected chi connectivity index (χ3v) is 3.91. The fourth-order valence-corrected chi connectivity index (χ4v) is 2.48. The van der Waals surface area contributed by atoms with E-state index < -0.39 is 5.97 Å². The van der Waals surface area contributed by atoms with Crippen molar-refractivity contribution < 1.29 is 9.53 Å². The van der Waals surface area contributed by atoms with Gasteiger partial charge in [0.25, 0.3) is 0 Å². The van der Waals surface area contributed by atoms with Gasteiger partial charge >= 0.3 is 5.97 Å². The Kier molecular flexibility index (Phi) is 3.66. The van der Waals surface area contributed by atoms with Crippen LogP contribution in [0.1, 0.15) is 17.4 Å². The van der Waals surface area contributed by atoms with Crippen LogP contribution in [0.5, 0.6) is 0 Å². The molecular weight excluding hydrogens is 329 g/mol. The maximum absolute atomic E-state index is 11.7. The molecule has 0 bridgehead atoms. The molecule has 0 fully saturated rings. The highest BCUT2D eigenvalue weighted by atomic mass is 79.9. The maximum Gasteiger partial charge on any atom is 0.355 e. The lowest BCUT2D eigenvalue weighted by atomic mass is 10.2. The van der Waals surface area contributed by atoms with E-state index in [0.29, 0.717) is 32.3 Å². The van der Waals surface area contributed by atoms with Crippen LogP contribution >= 0.6 is 39.1 Å². The average molecular weight is 337 g/mol. The maximum atomic E-state index is 11.7. The van der Waals surface area contributed by atoms with Gasteiger partial charge in [0, 0.05) is 5.39 Å². The molecule has 0 saturated heterocycles. The van der Waals surface area contributed by atoms with Crippen LogP contribution in [0.3, 0.4) is 0 Å². The highest BCUT2D eigenvalue weighted by molar-refractivity contribution is 9.10. The highest BCUT2D eigenvalue weighted by Crippen LogP contribution is 2.36. The molecule has 17 heavy (non-hydrogen) atoms. The van der Waals surface area contributed by atoms with Crippen LogP contribution in [0, 0.1) is 0 Å². The zero-order valence-corrected chi connectivity index (χ0v) is 11.9. The van der Waals surface area contributed by atoms with Gasteiger partial charge in [-0.2, -0.15) is 0 Å². The minimum atomic E-state index is -0.428. The van der Waals surface area contributed by atoms with Gasteiger partial charge in [0.05, 0.1) is 26.6 Å². The molecule has 0 radical (unpaired) electrons. The molecule has 0 amide bonds. The lowest BCUT2D eigenvalue weighted by Gasteiger charge is -1.98. The number of halogens is 3. The Morgan fingerprint density at radius 1 is 1.47 bits per heavy atom. The Morgan fingerprint density at radius 3 is 2.82 bits per heavy atom.